The molecular formula is C34H38Zr. The van der Waals surface area contributed by atoms with Gasteiger partial charge in [-0.2, -0.15) is 0 Å². The molecule has 0 N–H and O–H groups in total. The Hall–Kier alpha value is -2.11. The molecule has 3 aromatic carbocycles. The van der Waals surface area contributed by atoms with Crippen LogP contribution in [-0.2, 0) is 44.9 Å². The molecule has 2 aliphatic rings. The van der Waals surface area contributed by atoms with Crippen LogP contribution in [0.5, 0.6) is 0 Å². The molecule has 0 amide bonds. The first kappa shape index (κ1) is 24.6. The summed E-state index contributed by atoms with van der Waals surface area (Å²) in [6, 6.07) is 23.4. The zero-order valence-corrected chi connectivity index (χ0v) is 24.7. The number of rotatable bonds is 4. The molecule has 2 aliphatic carbocycles. The van der Waals surface area contributed by atoms with Gasteiger partial charge >= 0.3 is 221 Å². The van der Waals surface area contributed by atoms with Crippen molar-refractivity contribution in [3.63, 3.8) is 0 Å². The summed E-state index contributed by atoms with van der Waals surface area (Å²) in [5.74, 6) is 0. The molecule has 1 heteroatoms. The minimum atomic E-state index is -2.21. The van der Waals surface area contributed by atoms with Crippen molar-refractivity contribution in [2.24, 2.45) is 0 Å². The molecular weight excluding hydrogens is 500 g/mol. The maximum absolute atomic E-state index is 2.75. The summed E-state index contributed by atoms with van der Waals surface area (Å²) in [7, 11) is 0. The van der Waals surface area contributed by atoms with Crippen LogP contribution >= 0.6 is 0 Å². The predicted octanol–water partition coefficient (Wildman–Crippen LogP) is 7.99. The molecule has 3 aromatic rings. The average molecular weight is 538 g/mol. The second kappa shape index (κ2) is 9.40. The number of hydrogen-bond acceptors (Lipinski definition) is 0. The Balaban J connectivity index is 1.70. The van der Waals surface area contributed by atoms with Gasteiger partial charge in [0, 0.05) is 0 Å². The number of hydrogen-bond donors (Lipinski definition) is 0. The van der Waals surface area contributed by atoms with Crippen LogP contribution < -0.4 is 3.27 Å². The third-order valence-electron chi connectivity index (χ3n) is 7.54. The van der Waals surface area contributed by atoms with E-state index < -0.39 is 21.3 Å². The molecule has 0 bridgehead atoms. The molecule has 0 fully saturated rings. The van der Waals surface area contributed by atoms with Crippen molar-refractivity contribution in [3.8, 4) is 11.1 Å². The van der Waals surface area contributed by atoms with Crippen LogP contribution in [0.1, 0.15) is 75.8 Å². The van der Waals surface area contributed by atoms with Crippen LogP contribution in [0.15, 0.2) is 82.2 Å². The quantitative estimate of drug-likeness (QED) is 0.247. The molecule has 0 nitrogen and oxygen atoms in total. The van der Waals surface area contributed by atoms with Gasteiger partial charge in [-0.25, -0.2) is 0 Å². The molecule has 0 radical (unpaired) electrons. The summed E-state index contributed by atoms with van der Waals surface area (Å²) in [4.78, 5) is 0. The molecule has 0 heterocycles. The third-order valence-corrected chi connectivity index (χ3v) is 14.2. The van der Waals surface area contributed by atoms with Crippen molar-refractivity contribution in [3.05, 3.63) is 110 Å². The molecule has 0 aromatic heterocycles. The van der Waals surface area contributed by atoms with Gasteiger partial charge in [-0.1, -0.05) is 0 Å². The molecule has 0 saturated heterocycles. The van der Waals surface area contributed by atoms with Crippen molar-refractivity contribution in [1.29, 1.82) is 0 Å². The van der Waals surface area contributed by atoms with Crippen LogP contribution in [0.4, 0.5) is 0 Å². The summed E-state index contributed by atoms with van der Waals surface area (Å²) < 4.78 is 6.17. The molecule has 5 rings (SSSR count). The maximum atomic E-state index is 2.75. The Morgan fingerprint density at radius 2 is 1.51 bits per heavy atom. The van der Waals surface area contributed by atoms with E-state index in [4.69, 9.17) is 0 Å². The molecule has 0 spiro atoms. The van der Waals surface area contributed by atoms with E-state index in [1.165, 1.54) is 33.4 Å². The van der Waals surface area contributed by atoms with Gasteiger partial charge in [-0.05, 0) is 0 Å². The normalized spacial score (nSPS) is 15.3. The SMILES string of the molecule is CC(C)(C)c1ccc2c(c1)-c1cc(C(C)(C)C)c[c](/[Zr](=[CH]\Cc3ccccc3)[C]3=CC=CC3)c1C2. The van der Waals surface area contributed by atoms with Crippen LogP contribution in [0.2, 0.25) is 0 Å². The zero-order valence-electron chi connectivity index (χ0n) is 22.2. The van der Waals surface area contributed by atoms with Gasteiger partial charge in [0.15, 0.2) is 0 Å². The number of allylic oxidation sites excluding steroid dienone is 4. The van der Waals surface area contributed by atoms with E-state index in [9.17, 15) is 0 Å². The van der Waals surface area contributed by atoms with Gasteiger partial charge in [0.25, 0.3) is 0 Å². The van der Waals surface area contributed by atoms with E-state index >= 15 is 0 Å². The van der Waals surface area contributed by atoms with E-state index in [1.54, 1.807) is 12.1 Å². The average Bonchev–Trinajstić information content (AvgIpc) is 3.46. The van der Waals surface area contributed by atoms with Crippen LogP contribution in [0, 0.1) is 0 Å². The first-order valence-electron chi connectivity index (χ1n) is 13.0. The zero-order chi connectivity index (χ0) is 24.8. The predicted molar refractivity (Wildman–Crippen MR) is 150 cm³/mol. The van der Waals surface area contributed by atoms with Crippen molar-refractivity contribution >= 4 is 6.98 Å². The summed E-state index contributed by atoms with van der Waals surface area (Å²) in [6.07, 6.45) is 10.4. The number of benzene rings is 3. The summed E-state index contributed by atoms with van der Waals surface area (Å²) in [5.41, 5.74) is 10.7. The minimum absolute atomic E-state index is 0.129. The molecule has 0 aliphatic heterocycles. The fraction of sp³-hybridized carbons (Fsp3) is 0.324. The number of fused-ring (bicyclic) bond motifs is 3. The topological polar surface area (TPSA) is 0 Å². The molecule has 0 atom stereocenters. The summed E-state index contributed by atoms with van der Waals surface area (Å²) in [6.45, 7) is 14.1. The summed E-state index contributed by atoms with van der Waals surface area (Å²) in [5, 5.41) is 0. The van der Waals surface area contributed by atoms with Gasteiger partial charge in [-0.15, -0.1) is 0 Å². The fourth-order valence-corrected chi connectivity index (χ4v) is 12.0. The molecule has 35 heavy (non-hydrogen) atoms. The Morgan fingerprint density at radius 3 is 2.17 bits per heavy atom. The standard InChI is InChI=1S/C21H25.C8H8.C5H5.Zr/c1-20(2,3)16-9-7-14-11-15-8-10-17(21(4,5)6)13-19(15)18(14)12-16;1-2-8-6-4-3-5-7-8;1-2-4-5-3-1;/h7,9-10,12-13H,11H2,1-6H3;1,3-7H,2H2;1-3H,4H2;. The molecule has 178 valence electrons. The van der Waals surface area contributed by atoms with E-state index in [-0.39, 0.29) is 10.8 Å². The van der Waals surface area contributed by atoms with E-state index in [0.29, 0.717) is 0 Å². The Labute approximate surface area is 220 Å². The summed E-state index contributed by atoms with van der Waals surface area (Å²) >= 11 is -2.21. The van der Waals surface area contributed by atoms with Crippen molar-refractivity contribution < 1.29 is 21.3 Å². The Kier molecular flexibility index (Phi) is 6.60. The van der Waals surface area contributed by atoms with Gasteiger partial charge in [0.2, 0.25) is 0 Å². The third kappa shape index (κ3) is 5.08. The Morgan fingerprint density at radius 1 is 0.800 bits per heavy atom. The monoisotopic (exact) mass is 536 g/mol. The van der Waals surface area contributed by atoms with Crippen molar-refractivity contribution in [2.45, 2.75) is 71.6 Å². The second-order valence-electron chi connectivity index (χ2n) is 12.2. The van der Waals surface area contributed by atoms with E-state index in [0.717, 1.165) is 19.3 Å². The second-order valence-corrected chi connectivity index (χ2v) is 18.2. The first-order valence-corrected chi connectivity index (χ1v) is 16.9. The van der Waals surface area contributed by atoms with Gasteiger partial charge in [0.05, 0.1) is 0 Å². The van der Waals surface area contributed by atoms with Crippen molar-refractivity contribution in [2.75, 3.05) is 0 Å². The van der Waals surface area contributed by atoms with Gasteiger partial charge < -0.3 is 0 Å². The van der Waals surface area contributed by atoms with E-state index in [2.05, 4.69) is 124 Å². The van der Waals surface area contributed by atoms with Crippen LogP contribution in [0.25, 0.3) is 11.1 Å². The van der Waals surface area contributed by atoms with Crippen LogP contribution in [0.3, 0.4) is 0 Å². The van der Waals surface area contributed by atoms with Crippen LogP contribution in [-0.4, -0.2) is 3.71 Å². The molecule has 0 unspecified atom stereocenters. The molecule has 0 saturated carbocycles. The Bertz CT molecular complexity index is 1350. The van der Waals surface area contributed by atoms with E-state index in [1.807, 2.05) is 0 Å². The van der Waals surface area contributed by atoms with Gasteiger partial charge in [0.1, 0.15) is 0 Å². The van der Waals surface area contributed by atoms with Gasteiger partial charge in [-0.3, -0.25) is 0 Å². The first-order chi connectivity index (χ1) is 16.6. The van der Waals surface area contributed by atoms with Crippen molar-refractivity contribution in [1.82, 2.24) is 0 Å². The fourth-order valence-electron chi connectivity index (χ4n) is 5.31.